The highest BCUT2D eigenvalue weighted by molar-refractivity contribution is 6.05. The van der Waals surface area contributed by atoms with E-state index < -0.39 is 0 Å². The zero-order valence-corrected chi connectivity index (χ0v) is 9.74. The summed E-state index contributed by atoms with van der Waals surface area (Å²) in [6.07, 6.45) is 2.18. The molecule has 2 aromatic rings. The molecule has 0 amide bonds. The van der Waals surface area contributed by atoms with Gasteiger partial charge in [-0.15, -0.1) is 0 Å². The predicted molar refractivity (Wildman–Crippen MR) is 62.4 cm³/mol. The Morgan fingerprint density at radius 1 is 1.50 bits per heavy atom. The summed E-state index contributed by atoms with van der Waals surface area (Å²) in [5, 5.41) is 8.00. The molecule has 0 aliphatic carbocycles. The van der Waals surface area contributed by atoms with Gasteiger partial charge >= 0.3 is 0 Å². The molecule has 0 unspecified atom stereocenters. The maximum absolute atomic E-state index is 12.0. The molecule has 0 aromatic carbocycles. The molecule has 0 atom stereocenters. The SMILES string of the molecule is Cc1[nH]nc2c(C(=O)CC(C)C)nccc12. The first-order valence-corrected chi connectivity index (χ1v) is 5.42. The minimum absolute atomic E-state index is 0.0621. The lowest BCUT2D eigenvalue weighted by atomic mass is 10.0. The second-order valence-corrected chi connectivity index (χ2v) is 4.43. The van der Waals surface area contributed by atoms with Crippen molar-refractivity contribution in [2.75, 3.05) is 0 Å². The number of nitrogens with zero attached hydrogens (tertiary/aromatic N) is 2. The summed E-state index contributed by atoms with van der Waals surface area (Å²) >= 11 is 0. The Balaban J connectivity index is 2.48. The van der Waals surface area contributed by atoms with Gasteiger partial charge in [-0.05, 0) is 18.9 Å². The molecule has 0 bridgehead atoms. The highest BCUT2D eigenvalue weighted by Crippen LogP contribution is 2.19. The van der Waals surface area contributed by atoms with Gasteiger partial charge in [0, 0.05) is 23.7 Å². The van der Waals surface area contributed by atoms with E-state index in [0.29, 0.717) is 23.5 Å². The van der Waals surface area contributed by atoms with E-state index >= 15 is 0 Å². The van der Waals surface area contributed by atoms with Crippen LogP contribution >= 0.6 is 0 Å². The van der Waals surface area contributed by atoms with E-state index in [4.69, 9.17) is 0 Å². The Morgan fingerprint density at radius 2 is 2.25 bits per heavy atom. The summed E-state index contributed by atoms with van der Waals surface area (Å²) in [4.78, 5) is 16.1. The molecule has 0 aliphatic rings. The lowest BCUT2D eigenvalue weighted by Gasteiger charge is -2.03. The molecular weight excluding hydrogens is 202 g/mol. The van der Waals surface area contributed by atoms with Crippen LogP contribution in [0.5, 0.6) is 0 Å². The standard InChI is InChI=1S/C12H15N3O/c1-7(2)6-10(16)12-11-9(4-5-13-12)8(3)14-15-11/h4-5,7H,6H2,1-3H3,(H,14,15). The largest absolute Gasteiger partial charge is 0.292 e. The fraction of sp³-hybridized carbons (Fsp3) is 0.417. The van der Waals surface area contributed by atoms with Crippen LogP contribution in [-0.2, 0) is 0 Å². The van der Waals surface area contributed by atoms with Crippen molar-refractivity contribution in [1.29, 1.82) is 0 Å². The number of aromatic nitrogens is 3. The maximum atomic E-state index is 12.0. The minimum atomic E-state index is 0.0621. The van der Waals surface area contributed by atoms with Crippen LogP contribution in [0, 0.1) is 12.8 Å². The zero-order valence-electron chi connectivity index (χ0n) is 9.74. The molecule has 0 fully saturated rings. The lowest BCUT2D eigenvalue weighted by molar-refractivity contribution is 0.0964. The van der Waals surface area contributed by atoms with E-state index in [1.54, 1.807) is 6.20 Å². The number of rotatable bonds is 3. The van der Waals surface area contributed by atoms with Gasteiger partial charge in [-0.25, -0.2) is 0 Å². The molecule has 0 saturated carbocycles. The molecule has 4 nitrogen and oxygen atoms in total. The zero-order chi connectivity index (χ0) is 11.7. The highest BCUT2D eigenvalue weighted by atomic mass is 16.1. The number of hydrogen-bond donors (Lipinski definition) is 1. The summed E-state index contributed by atoms with van der Waals surface area (Å²) in [7, 11) is 0. The molecule has 4 heteroatoms. The number of fused-ring (bicyclic) bond motifs is 1. The maximum Gasteiger partial charge on any atom is 0.183 e. The third-order valence-electron chi connectivity index (χ3n) is 2.52. The topological polar surface area (TPSA) is 58.6 Å². The van der Waals surface area contributed by atoms with Crippen LogP contribution in [0.15, 0.2) is 12.3 Å². The Labute approximate surface area is 94.1 Å². The summed E-state index contributed by atoms with van der Waals surface area (Å²) in [6.45, 7) is 5.98. The van der Waals surface area contributed by atoms with Crippen molar-refractivity contribution < 1.29 is 4.79 Å². The van der Waals surface area contributed by atoms with Gasteiger partial charge in [0.1, 0.15) is 11.2 Å². The first kappa shape index (κ1) is 10.8. The number of carbonyl (C=O) groups is 1. The van der Waals surface area contributed by atoms with Crippen molar-refractivity contribution in [1.82, 2.24) is 15.2 Å². The number of hydrogen-bond acceptors (Lipinski definition) is 3. The first-order chi connectivity index (χ1) is 7.59. The second kappa shape index (κ2) is 4.04. The molecule has 1 N–H and O–H groups in total. The first-order valence-electron chi connectivity index (χ1n) is 5.42. The number of pyridine rings is 1. The molecule has 0 spiro atoms. The third kappa shape index (κ3) is 1.83. The van der Waals surface area contributed by atoms with Gasteiger partial charge in [-0.3, -0.25) is 14.9 Å². The Bertz CT molecular complexity index is 528. The van der Waals surface area contributed by atoms with Gasteiger partial charge in [0.2, 0.25) is 0 Å². The van der Waals surface area contributed by atoms with Crippen molar-refractivity contribution in [2.24, 2.45) is 5.92 Å². The van der Waals surface area contributed by atoms with E-state index in [9.17, 15) is 4.79 Å². The number of aromatic amines is 1. The molecule has 16 heavy (non-hydrogen) atoms. The number of Topliss-reactive ketones (excluding diaryl/α,β-unsaturated/α-hetero) is 1. The molecule has 84 valence electrons. The molecular formula is C12H15N3O. The van der Waals surface area contributed by atoms with E-state index in [1.807, 2.05) is 26.8 Å². The summed E-state index contributed by atoms with van der Waals surface area (Å²) in [5.41, 5.74) is 2.14. The monoisotopic (exact) mass is 217 g/mol. The minimum Gasteiger partial charge on any atom is -0.292 e. The summed E-state index contributed by atoms with van der Waals surface area (Å²) in [6, 6.07) is 1.88. The summed E-state index contributed by atoms with van der Waals surface area (Å²) in [5.74, 6) is 0.400. The van der Waals surface area contributed by atoms with Crippen molar-refractivity contribution in [3.63, 3.8) is 0 Å². The van der Waals surface area contributed by atoms with Crippen molar-refractivity contribution in [3.8, 4) is 0 Å². The number of aryl methyl sites for hydroxylation is 1. The van der Waals surface area contributed by atoms with Crippen LogP contribution in [0.25, 0.3) is 10.9 Å². The Morgan fingerprint density at radius 3 is 2.94 bits per heavy atom. The average Bonchev–Trinajstić information content (AvgIpc) is 2.59. The summed E-state index contributed by atoms with van der Waals surface area (Å²) < 4.78 is 0. The van der Waals surface area contributed by atoms with Gasteiger partial charge in [0.15, 0.2) is 5.78 Å². The number of nitrogens with one attached hydrogen (secondary N) is 1. The smallest absolute Gasteiger partial charge is 0.183 e. The fourth-order valence-electron chi connectivity index (χ4n) is 1.74. The Hall–Kier alpha value is -1.71. The molecule has 2 aromatic heterocycles. The van der Waals surface area contributed by atoms with Crippen molar-refractivity contribution in [2.45, 2.75) is 27.2 Å². The molecule has 0 aliphatic heterocycles. The molecule has 0 saturated heterocycles. The van der Waals surface area contributed by atoms with Crippen molar-refractivity contribution in [3.05, 3.63) is 23.7 Å². The van der Waals surface area contributed by atoms with E-state index in [-0.39, 0.29) is 5.78 Å². The highest BCUT2D eigenvalue weighted by Gasteiger charge is 2.15. The quantitative estimate of drug-likeness (QED) is 0.803. The lowest BCUT2D eigenvalue weighted by Crippen LogP contribution is -2.06. The van der Waals surface area contributed by atoms with Gasteiger partial charge in [-0.1, -0.05) is 13.8 Å². The number of H-pyrrole nitrogens is 1. The number of ketones is 1. The van der Waals surface area contributed by atoms with E-state index in [2.05, 4.69) is 15.2 Å². The normalized spacial score (nSPS) is 11.2. The van der Waals surface area contributed by atoms with E-state index in [0.717, 1.165) is 11.1 Å². The van der Waals surface area contributed by atoms with E-state index in [1.165, 1.54) is 0 Å². The average molecular weight is 217 g/mol. The van der Waals surface area contributed by atoms with Crippen LogP contribution < -0.4 is 0 Å². The van der Waals surface area contributed by atoms with Gasteiger partial charge in [0.25, 0.3) is 0 Å². The molecule has 2 rings (SSSR count). The van der Waals surface area contributed by atoms with Crippen LogP contribution in [0.2, 0.25) is 0 Å². The fourth-order valence-corrected chi connectivity index (χ4v) is 1.74. The van der Waals surface area contributed by atoms with Crippen LogP contribution in [0.3, 0.4) is 0 Å². The van der Waals surface area contributed by atoms with Crippen molar-refractivity contribution >= 4 is 16.7 Å². The van der Waals surface area contributed by atoms with Crippen LogP contribution in [0.4, 0.5) is 0 Å². The predicted octanol–water partition coefficient (Wildman–Crippen LogP) is 2.50. The van der Waals surface area contributed by atoms with Gasteiger partial charge < -0.3 is 0 Å². The van der Waals surface area contributed by atoms with Crippen LogP contribution in [-0.4, -0.2) is 21.0 Å². The molecule has 2 heterocycles. The molecule has 0 radical (unpaired) electrons. The third-order valence-corrected chi connectivity index (χ3v) is 2.52. The number of carbonyl (C=O) groups excluding carboxylic acids is 1. The van der Waals surface area contributed by atoms with Gasteiger partial charge in [-0.2, -0.15) is 5.10 Å². The van der Waals surface area contributed by atoms with Gasteiger partial charge in [0.05, 0.1) is 0 Å². The Kier molecular flexibility index (Phi) is 2.73. The second-order valence-electron chi connectivity index (χ2n) is 4.43. The van der Waals surface area contributed by atoms with Crippen LogP contribution in [0.1, 0.15) is 36.5 Å².